The van der Waals surface area contributed by atoms with Gasteiger partial charge < -0.3 is 9.84 Å². The smallest absolute Gasteiger partial charge is 0.232 e. The lowest BCUT2D eigenvalue weighted by Crippen LogP contribution is -2.25. The molecule has 1 aromatic heterocycles. The van der Waals surface area contributed by atoms with Crippen LogP contribution in [-0.2, 0) is 11.2 Å². The van der Waals surface area contributed by atoms with Crippen LogP contribution in [0, 0.1) is 13.8 Å². The number of nitrogens with zero attached hydrogens (tertiary/aromatic N) is 1. The number of nitrogens with one attached hydrogen (secondary N) is 1. The fourth-order valence-corrected chi connectivity index (χ4v) is 2.90. The second kappa shape index (κ2) is 5.12. The molecule has 1 amide bonds. The largest absolute Gasteiger partial charge is 0.359 e. The van der Waals surface area contributed by atoms with Gasteiger partial charge in [-0.2, -0.15) is 0 Å². The molecule has 1 atom stereocenters. The van der Waals surface area contributed by atoms with Crippen LogP contribution in [0.15, 0.2) is 28.8 Å². The van der Waals surface area contributed by atoms with Crippen molar-refractivity contribution >= 4 is 11.6 Å². The van der Waals surface area contributed by atoms with E-state index in [4.69, 9.17) is 4.52 Å². The van der Waals surface area contributed by atoms with Crippen LogP contribution >= 0.6 is 0 Å². The average molecular weight is 270 g/mol. The molecule has 1 aliphatic rings. The molecule has 1 aliphatic carbocycles. The van der Waals surface area contributed by atoms with Crippen molar-refractivity contribution in [1.82, 2.24) is 5.16 Å². The lowest BCUT2D eigenvalue weighted by molar-refractivity contribution is -0.117. The molecule has 4 nitrogen and oxygen atoms in total. The molecule has 1 N–H and O–H groups in total. The van der Waals surface area contributed by atoms with Crippen molar-refractivity contribution in [3.05, 3.63) is 46.8 Å². The molecule has 1 aromatic carbocycles. The fourth-order valence-electron chi connectivity index (χ4n) is 2.90. The highest BCUT2D eigenvalue weighted by Gasteiger charge is 2.27. The van der Waals surface area contributed by atoms with Gasteiger partial charge in [0.25, 0.3) is 0 Å². The van der Waals surface area contributed by atoms with Gasteiger partial charge >= 0.3 is 0 Å². The standard InChI is InChI=1S/C16H18N2O2/c1-10-15(11(2)20-18-10)17-16(19)14-9-5-7-12-6-3-4-8-13(12)14/h3-4,6,8,14H,5,7,9H2,1-2H3,(H,17,19)/t14-/m1/s1. The van der Waals surface area contributed by atoms with E-state index in [0.29, 0.717) is 11.4 Å². The lowest BCUT2D eigenvalue weighted by Gasteiger charge is -2.24. The first-order chi connectivity index (χ1) is 9.66. The maximum absolute atomic E-state index is 12.6. The topological polar surface area (TPSA) is 55.1 Å². The van der Waals surface area contributed by atoms with E-state index in [1.165, 1.54) is 5.56 Å². The molecule has 0 unspecified atom stereocenters. The molecule has 4 heteroatoms. The number of anilines is 1. The van der Waals surface area contributed by atoms with Crippen molar-refractivity contribution in [2.45, 2.75) is 39.0 Å². The summed E-state index contributed by atoms with van der Waals surface area (Å²) in [4.78, 5) is 12.6. The maximum atomic E-state index is 12.6. The monoisotopic (exact) mass is 270 g/mol. The number of hydrogen-bond acceptors (Lipinski definition) is 3. The Labute approximate surface area is 118 Å². The Kier molecular flexibility index (Phi) is 3.30. The summed E-state index contributed by atoms with van der Waals surface area (Å²) in [5.74, 6) is 0.611. The third-order valence-electron chi connectivity index (χ3n) is 3.97. The molecule has 0 radical (unpaired) electrons. The second-order valence-electron chi connectivity index (χ2n) is 5.33. The molecule has 0 bridgehead atoms. The minimum absolute atomic E-state index is 0.0338. The van der Waals surface area contributed by atoms with Gasteiger partial charge in [-0.05, 0) is 44.2 Å². The predicted octanol–water partition coefficient (Wildman–Crippen LogP) is 3.35. The average Bonchev–Trinajstić information content (AvgIpc) is 2.78. The Morgan fingerprint density at radius 2 is 2.15 bits per heavy atom. The number of amides is 1. The van der Waals surface area contributed by atoms with E-state index in [9.17, 15) is 4.79 Å². The molecule has 1 heterocycles. The molecule has 0 spiro atoms. The van der Waals surface area contributed by atoms with Gasteiger partial charge in [0.1, 0.15) is 11.4 Å². The normalized spacial score (nSPS) is 17.6. The highest BCUT2D eigenvalue weighted by molar-refractivity contribution is 5.97. The van der Waals surface area contributed by atoms with Crippen molar-refractivity contribution in [1.29, 1.82) is 0 Å². The van der Waals surface area contributed by atoms with Crippen LogP contribution in [-0.4, -0.2) is 11.1 Å². The number of benzene rings is 1. The summed E-state index contributed by atoms with van der Waals surface area (Å²) in [6.45, 7) is 3.64. The van der Waals surface area contributed by atoms with E-state index in [-0.39, 0.29) is 11.8 Å². The van der Waals surface area contributed by atoms with Gasteiger partial charge in [-0.1, -0.05) is 29.4 Å². The summed E-state index contributed by atoms with van der Waals surface area (Å²) in [5.41, 5.74) is 3.87. The third-order valence-corrected chi connectivity index (χ3v) is 3.97. The van der Waals surface area contributed by atoms with Crippen LogP contribution in [0.1, 0.15) is 41.3 Å². The number of aromatic nitrogens is 1. The Balaban J connectivity index is 1.86. The number of carbonyl (C=O) groups is 1. The SMILES string of the molecule is Cc1noc(C)c1NC(=O)[C@@H]1CCCc2ccccc21. The Morgan fingerprint density at radius 1 is 1.35 bits per heavy atom. The zero-order valence-electron chi connectivity index (χ0n) is 11.8. The van der Waals surface area contributed by atoms with E-state index < -0.39 is 0 Å². The maximum Gasteiger partial charge on any atom is 0.232 e. The number of hydrogen-bond donors (Lipinski definition) is 1. The zero-order valence-corrected chi connectivity index (χ0v) is 11.8. The van der Waals surface area contributed by atoms with Crippen molar-refractivity contribution in [2.24, 2.45) is 0 Å². The molecule has 0 saturated heterocycles. The summed E-state index contributed by atoms with van der Waals surface area (Å²) in [7, 11) is 0. The minimum Gasteiger partial charge on any atom is -0.359 e. The zero-order chi connectivity index (χ0) is 14.1. The van der Waals surface area contributed by atoms with Gasteiger partial charge in [-0.25, -0.2) is 0 Å². The first-order valence-corrected chi connectivity index (χ1v) is 6.98. The quantitative estimate of drug-likeness (QED) is 0.910. The van der Waals surface area contributed by atoms with Gasteiger partial charge in [0.2, 0.25) is 5.91 Å². The van der Waals surface area contributed by atoms with Gasteiger partial charge in [-0.3, -0.25) is 4.79 Å². The van der Waals surface area contributed by atoms with Gasteiger partial charge in [0.15, 0.2) is 5.76 Å². The first kappa shape index (κ1) is 12.9. The van der Waals surface area contributed by atoms with E-state index in [1.807, 2.05) is 26.0 Å². The number of aryl methyl sites for hydroxylation is 3. The molecular weight excluding hydrogens is 252 g/mol. The van der Waals surface area contributed by atoms with Gasteiger partial charge in [0.05, 0.1) is 5.92 Å². The van der Waals surface area contributed by atoms with Crippen LogP contribution in [0.5, 0.6) is 0 Å². The molecule has 0 saturated carbocycles. The molecule has 2 aromatic rings. The third kappa shape index (κ3) is 2.22. The van der Waals surface area contributed by atoms with E-state index in [2.05, 4.69) is 22.6 Å². The summed E-state index contributed by atoms with van der Waals surface area (Å²) < 4.78 is 5.09. The predicted molar refractivity (Wildman–Crippen MR) is 76.7 cm³/mol. The molecular formula is C16H18N2O2. The summed E-state index contributed by atoms with van der Waals surface area (Å²) >= 11 is 0. The van der Waals surface area contributed by atoms with E-state index in [1.54, 1.807) is 0 Å². The second-order valence-corrected chi connectivity index (χ2v) is 5.33. The Bertz CT molecular complexity index is 626. The minimum atomic E-state index is -0.0753. The van der Waals surface area contributed by atoms with Crippen LogP contribution in [0.4, 0.5) is 5.69 Å². The molecule has 0 aliphatic heterocycles. The summed E-state index contributed by atoms with van der Waals surface area (Å²) in [5, 5.41) is 6.84. The Hall–Kier alpha value is -2.10. The number of rotatable bonds is 2. The molecule has 3 rings (SSSR count). The lowest BCUT2D eigenvalue weighted by atomic mass is 9.82. The van der Waals surface area contributed by atoms with Crippen molar-refractivity contribution in [3.8, 4) is 0 Å². The van der Waals surface area contributed by atoms with Crippen LogP contribution < -0.4 is 5.32 Å². The Morgan fingerprint density at radius 3 is 2.90 bits per heavy atom. The summed E-state index contributed by atoms with van der Waals surface area (Å²) in [6.07, 6.45) is 3.01. The van der Waals surface area contributed by atoms with Crippen LogP contribution in [0.2, 0.25) is 0 Å². The number of carbonyl (C=O) groups excluding carboxylic acids is 1. The first-order valence-electron chi connectivity index (χ1n) is 6.98. The molecule has 104 valence electrons. The number of fused-ring (bicyclic) bond motifs is 1. The van der Waals surface area contributed by atoms with Gasteiger partial charge in [0, 0.05) is 0 Å². The fraction of sp³-hybridized carbons (Fsp3) is 0.375. The van der Waals surface area contributed by atoms with Gasteiger partial charge in [-0.15, -0.1) is 0 Å². The van der Waals surface area contributed by atoms with Crippen molar-refractivity contribution < 1.29 is 9.32 Å². The van der Waals surface area contributed by atoms with E-state index >= 15 is 0 Å². The van der Waals surface area contributed by atoms with Crippen LogP contribution in [0.3, 0.4) is 0 Å². The van der Waals surface area contributed by atoms with Crippen LogP contribution in [0.25, 0.3) is 0 Å². The van der Waals surface area contributed by atoms with Crippen molar-refractivity contribution in [3.63, 3.8) is 0 Å². The highest BCUT2D eigenvalue weighted by Crippen LogP contribution is 2.33. The molecule has 20 heavy (non-hydrogen) atoms. The summed E-state index contributed by atoms with van der Waals surface area (Å²) in [6, 6.07) is 8.21. The van der Waals surface area contributed by atoms with Crippen molar-refractivity contribution in [2.75, 3.05) is 5.32 Å². The van der Waals surface area contributed by atoms with E-state index in [0.717, 1.165) is 30.5 Å². The highest BCUT2D eigenvalue weighted by atomic mass is 16.5. The molecule has 0 fully saturated rings.